The maximum Gasteiger partial charge on any atom is 0.350 e. The molecular formula is C14H14INO2S. The summed E-state index contributed by atoms with van der Waals surface area (Å²) in [5.74, 6) is -0.367. The van der Waals surface area contributed by atoms with Crippen molar-refractivity contribution in [1.82, 2.24) is 0 Å². The van der Waals surface area contributed by atoms with Crippen molar-refractivity contribution < 1.29 is 9.53 Å². The second-order valence-corrected chi connectivity index (χ2v) is 6.27. The van der Waals surface area contributed by atoms with Crippen LogP contribution in [0.4, 0.5) is 5.69 Å². The molecule has 0 amide bonds. The molecule has 100 valence electrons. The van der Waals surface area contributed by atoms with Gasteiger partial charge >= 0.3 is 5.97 Å². The first-order chi connectivity index (χ1) is 9.08. The van der Waals surface area contributed by atoms with Gasteiger partial charge in [-0.1, -0.05) is 19.1 Å². The molecule has 1 heterocycles. The summed E-state index contributed by atoms with van der Waals surface area (Å²) in [6.45, 7) is 2.04. The Labute approximate surface area is 129 Å². The van der Waals surface area contributed by atoms with Crippen LogP contribution in [0.3, 0.4) is 0 Å². The second-order valence-electron chi connectivity index (χ2n) is 4.00. The Hall–Kier alpha value is -1.08. The van der Waals surface area contributed by atoms with E-state index in [4.69, 9.17) is 10.5 Å². The van der Waals surface area contributed by atoms with Gasteiger partial charge in [-0.05, 0) is 52.3 Å². The fraction of sp³-hybridized carbons (Fsp3) is 0.214. The minimum absolute atomic E-state index is 0.367. The van der Waals surface area contributed by atoms with E-state index in [9.17, 15) is 4.79 Å². The van der Waals surface area contributed by atoms with Crippen molar-refractivity contribution >= 4 is 45.6 Å². The van der Waals surface area contributed by atoms with Crippen LogP contribution in [0.15, 0.2) is 24.3 Å². The molecule has 0 fully saturated rings. The minimum atomic E-state index is -0.367. The lowest BCUT2D eigenvalue weighted by Crippen LogP contribution is -2.02. The van der Waals surface area contributed by atoms with Gasteiger partial charge in [0.1, 0.15) is 4.88 Å². The van der Waals surface area contributed by atoms with Crippen LogP contribution in [-0.4, -0.2) is 13.1 Å². The summed E-state index contributed by atoms with van der Waals surface area (Å²) in [6.07, 6.45) is 0.792. The van der Waals surface area contributed by atoms with Crippen LogP contribution in [-0.2, 0) is 11.2 Å². The fourth-order valence-electron chi connectivity index (χ4n) is 1.91. The Morgan fingerprint density at radius 2 is 2.00 bits per heavy atom. The summed E-state index contributed by atoms with van der Waals surface area (Å²) >= 11 is 3.67. The highest BCUT2D eigenvalue weighted by Gasteiger charge is 2.21. The molecular weight excluding hydrogens is 373 g/mol. The number of ether oxygens (including phenoxy) is 1. The molecule has 2 N–H and O–H groups in total. The normalized spacial score (nSPS) is 10.5. The zero-order valence-electron chi connectivity index (χ0n) is 10.7. The Kier molecular flexibility index (Phi) is 4.46. The first-order valence-electron chi connectivity index (χ1n) is 5.83. The number of hydrogen-bond acceptors (Lipinski definition) is 4. The molecule has 3 nitrogen and oxygen atoms in total. The van der Waals surface area contributed by atoms with E-state index < -0.39 is 0 Å². The van der Waals surface area contributed by atoms with Crippen LogP contribution in [0.25, 0.3) is 10.4 Å². The van der Waals surface area contributed by atoms with Gasteiger partial charge in [0.2, 0.25) is 0 Å². The smallest absolute Gasteiger partial charge is 0.350 e. The number of benzene rings is 1. The van der Waals surface area contributed by atoms with E-state index in [1.807, 2.05) is 31.2 Å². The van der Waals surface area contributed by atoms with Gasteiger partial charge < -0.3 is 10.5 Å². The molecule has 1 aromatic heterocycles. The number of carbonyl (C=O) groups excluding carboxylic acids is 1. The Bertz CT molecular complexity index is 605. The summed E-state index contributed by atoms with van der Waals surface area (Å²) in [5.41, 5.74) is 8.72. The van der Waals surface area contributed by atoms with Gasteiger partial charge in [-0.2, -0.15) is 0 Å². The van der Waals surface area contributed by atoms with E-state index in [1.165, 1.54) is 22.0 Å². The third-order valence-corrected chi connectivity index (χ3v) is 4.87. The highest BCUT2D eigenvalue weighted by atomic mass is 127. The molecule has 0 radical (unpaired) electrons. The number of rotatable bonds is 3. The largest absolute Gasteiger partial charge is 0.465 e. The lowest BCUT2D eigenvalue weighted by molar-refractivity contribution is 0.0607. The van der Waals surface area contributed by atoms with E-state index in [1.54, 1.807) is 0 Å². The van der Waals surface area contributed by atoms with Crippen LogP contribution in [0.5, 0.6) is 0 Å². The van der Waals surface area contributed by atoms with Gasteiger partial charge in [-0.3, -0.25) is 0 Å². The minimum Gasteiger partial charge on any atom is -0.465 e. The number of nitrogen functional groups attached to an aromatic ring is 1. The number of thiophene rings is 1. The van der Waals surface area contributed by atoms with Crippen molar-refractivity contribution in [3.63, 3.8) is 0 Å². The Balaban J connectivity index is 2.57. The first kappa shape index (κ1) is 14.3. The average molecular weight is 387 g/mol. The number of methoxy groups -OCH3 is 1. The highest BCUT2D eigenvalue weighted by molar-refractivity contribution is 14.1. The van der Waals surface area contributed by atoms with E-state index >= 15 is 0 Å². The number of nitrogens with two attached hydrogens (primary N) is 1. The molecule has 0 atom stereocenters. The molecule has 0 unspecified atom stereocenters. The van der Waals surface area contributed by atoms with Gasteiger partial charge in [0.15, 0.2) is 0 Å². The summed E-state index contributed by atoms with van der Waals surface area (Å²) in [6, 6.07) is 8.19. The van der Waals surface area contributed by atoms with Crippen LogP contribution in [0.2, 0.25) is 0 Å². The van der Waals surface area contributed by atoms with Gasteiger partial charge in [0.05, 0.1) is 12.8 Å². The van der Waals surface area contributed by atoms with Gasteiger partial charge in [0.25, 0.3) is 0 Å². The molecule has 0 aliphatic rings. The number of hydrogen-bond donors (Lipinski definition) is 1. The number of carbonyl (C=O) groups is 1. The Morgan fingerprint density at radius 3 is 2.53 bits per heavy atom. The standard InChI is InChI=1S/C14H14INO2S/c1-3-10-11(16)13(14(17)18-2)19-12(10)8-4-6-9(15)7-5-8/h4-7H,3,16H2,1-2H3. The van der Waals surface area contributed by atoms with Crippen molar-refractivity contribution in [2.45, 2.75) is 13.3 Å². The molecule has 5 heteroatoms. The third-order valence-electron chi connectivity index (χ3n) is 2.88. The maximum atomic E-state index is 11.7. The van der Waals surface area contributed by atoms with Crippen molar-refractivity contribution in [2.75, 3.05) is 12.8 Å². The lowest BCUT2D eigenvalue weighted by atomic mass is 10.1. The summed E-state index contributed by atoms with van der Waals surface area (Å²) in [5, 5.41) is 0. The van der Waals surface area contributed by atoms with Crippen LogP contribution in [0.1, 0.15) is 22.2 Å². The van der Waals surface area contributed by atoms with Crippen LogP contribution >= 0.6 is 33.9 Å². The molecule has 0 saturated heterocycles. The molecule has 2 aromatic rings. The zero-order chi connectivity index (χ0) is 14.0. The second kappa shape index (κ2) is 5.92. The van der Waals surface area contributed by atoms with Crippen LogP contribution < -0.4 is 5.73 Å². The topological polar surface area (TPSA) is 52.3 Å². The predicted octanol–water partition coefficient (Wildman–Crippen LogP) is 3.95. The molecule has 19 heavy (non-hydrogen) atoms. The predicted molar refractivity (Wildman–Crippen MR) is 87.6 cm³/mol. The highest BCUT2D eigenvalue weighted by Crippen LogP contribution is 2.39. The van der Waals surface area contributed by atoms with Crippen molar-refractivity contribution in [3.8, 4) is 10.4 Å². The number of halogens is 1. The molecule has 0 aliphatic carbocycles. The molecule has 0 spiro atoms. The molecule has 0 saturated carbocycles. The van der Waals surface area contributed by atoms with Crippen LogP contribution in [0, 0.1) is 3.57 Å². The molecule has 0 bridgehead atoms. The number of anilines is 1. The van der Waals surface area contributed by atoms with E-state index in [-0.39, 0.29) is 5.97 Å². The first-order valence-corrected chi connectivity index (χ1v) is 7.73. The van der Waals surface area contributed by atoms with Gasteiger partial charge in [0, 0.05) is 8.45 Å². The van der Waals surface area contributed by atoms with E-state index in [0.29, 0.717) is 10.6 Å². The summed E-state index contributed by atoms with van der Waals surface area (Å²) in [7, 11) is 1.37. The van der Waals surface area contributed by atoms with E-state index in [2.05, 4.69) is 22.6 Å². The average Bonchev–Trinajstić information content (AvgIpc) is 2.75. The van der Waals surface area contributed by atoms with Crippen molar-refractivity contribution in [1.29, 1.82) is 0 Å². The summed E-state index contributed by atoms with van der Waals surface area (Å²) < 4.78 is 5.95. The van der Waals surface area contributed by atoms with Crippen molar-refractivity contribution in [3.05, 3.63) is 38.3 Å². The third kappa shape index (κ3) is 2.76. The maximum absolute atomic E-state index is 11.7. The van der Waals surface area contributed by atoms with Gasteiger partial charge in [-0.15, -0.1) is 11.3 Å². The van der Waals surface area contributed by atoms with Gasteiger partial charge in [-0.25, -0.2) is 4.79 Å². The number of esters is 1. The summed E-state index contributed by atoms with van der Waals surface area (Å²) in [4.78, 5) is 13.3. The fourth-order valence-corrected chi connectivity index (χ4v) is 3.50. The zero-order valence-corrected chi connectivity index (χ0v) is 13.7. The van der Waals surface area contributed by atoms with E-state index in [0.717, 1.165) is 22.4 Å². The molecule has 1 aromatic carbocycles. The quantitative estimate of drug-likeness (QED) is 0.641. The molecule has 0 aliphatic heterocycles. The lowest BCUT2D eigenvalue weighted by Gasteiger charge is -2.02. The van der Waals surface area contributed by atoms with Crippen molar-refractivity contribution in [2.24, 2.45) is 0 Å². The monoisotopic (exact) mass is 387 g/mol. The Morgan fingerprint density at radius 1 is 1.37 bits per heavy atom. The molecule has 2 rings (SSSR count). The SMILES string of the molecule is CCc1c(-c2ccc(I)cc2)sc(C(=O)OC)c1N.